The molecule has 0 atom stereocenters. The van der Waals surface area contributed by atoms with Gasteiger partial charge in [-0.2, -0.15) is 4.31 Å². The van der Waals surface area contributed by atoms with Crippen LogP contribution in [0, 0.1) is 0 Å². The summed E-state index contributed by atoms with van der Waals surface area (Å²) in [5.74, 6) is 0.191. The van der Waals surface area contributed by atoms with Crippen molar-refractivity contribution in [2.24, 2.45) is 0 Å². The number of para-hydroxylation sites is 2. The SMILES string of the molecule is CCOc1ccccc1NC(=O)CN(C)S(=O)(=O)c1cc(Cl)ccc1OCC. The first-order chi connectivity index (χ1) is 13.3. The fourth-order valence-electron chi connectivity index (χ4n) is 2.45. The third-order valence-electron chi connectivity index (χ3n) is 3.72. The summed E-state index contributed by atoms with van der Waals surface area (Å²) in [7, 11) is -2.67. The molecule has 152 valence electrons. The molecule has 2 rings (SSSR count). The Balaban J connectivity index is 2.19. The van der Waals surface area contributed by atoms with Crippen LogP contribution in [0.5, 0.6) is 11.5 Å². The van der Waals surface area contributed by atoms with Crippen molar-refractivity contribution in [1.29, 1.82) is 0 Å². The molecule has 0 heterocycles. The van der Waals surface area contributed by atoms with Gasteiger partial charge in [-0.25, -0.2) is 8.42 Å². The molecule has 9 heteroatoms. The number of carbonyl (C=O) groups is 1. The standard InChI is InChI=1S/C19H23ClN2O5S/c1-4-26-16-9-7-6-8-15(16)21-19(23)13-22(3)28(24,25)18-12-14(20)10-11-17(18)27-5-2/h6-12H,4-5,13H2,1-3H3,(H,21,23). The molecule has 0 aromatic heterocycles. The van der Waals surface area contributed by atoms with Crippen molar-refractivity contribution in [2.45, 2.75) is 18.7 Å². The Labute approximate surface area is 170 Å². The average molecular weight is 427 g/mol. The van der Waals surface area contributed by atoms with E-state index in [0.29, 0.717) is 24.7 Å². The predicted molar refractivity (Wildman–Crippen MR) is 109 cm³/mol. The van der Waals surface area contributed by atoms with Crippen LogP contribution in [-0.2, 0) is 14.8 Å². The zero-order valence-electron chi connectivity index (χ0n) is 15.9. The number of anilines is 1. The number of sulfonamides is 1. The van der Waals surface area contributed by atoms with E-state index in [-0.39, 0.29) is 22.2 Å². The number of nitrogens with one attached hydrogen (secondary N) is 1. The molecule has 2 aromatic rings. The van der Waals surface area contributed by atoms with Crippen molar-refractivity contribution in [3.05, 3.63) is 47.5 Å². The van der Waals surface area contributed by atoms with E-state index in [1.807, 2.05) is 6.92 Å². The minimum atomic E-state index is -3.99. The molecule has 0 radical (unpaired) electrons. The van der Waals surface area contributed by atoms with Crippen molar-refractivity contribution in [2.75, 3.05) is 32.1 Å². The summed E-state index contributed by atoms with van der Waals surface area (Å²) < 4.78 is 37.6. The Morgan fingerprint density at radius 1 is 1.07 bits per heavy atom. The minimum Gasteiger partial charge on any atom is -0.492 e. The number of benzene rings is 2. The molecule has 0 spiro atoms. The smallest absolute Gasteiger partial charge is 0.247 e. The second kappa shape index (κ2) is 9.77. The second-order valence-electron chi connectivity index (χ2n) is 5.76. The van der Waals surface area contributed by atoms with E-state index >= 15 is 0 Å². The molecule has 0 saturated carbocycles. The summed E-state index contributed by atoms with van der Waals surface area (Å²) in [5, 5.41) is 2.93. The van der Waals surface area contributed by atoms with Gasteiger partial charge in [0.1, 0.15) is 16.4 Å². The lowest BCUT2D eigenvalue weighted by Gasteiger charge is -2.19. The summed E-state index contributed by atoms with van der Waals surface area (Å²) >= 11 is 5.96. The Morgan fingerprint density at radius 3 is 2.39 bits per heavy atom. The molecule has 0 aliphatic rings. The number of likely N-dealkylation sites (N-methyl/N-ethyl adjacent to an activating group) is 1. The number of hydrogen-bond donors (Lipinski definition) is 1. The maximum absolute atomic E-state index is 12.9. The highest BCUT2D eigenvalue weighted by molar-refractivity contribution is 7.89. The van der Waals surface area contributed by atoms with Gasteiger partial charge < -0.3 is 14.8 Å². The van der Waals surface area contributed by atoms with Gasteiger partial charge in [-0.3, -0.25) is 4.79 Å². The first-order valence-electron chi connectivity index (χ1n) is 8.70. The molecule has 28 heavy (non-hydrogen) atoms. The third kappa shape index (κ3) is 5.37. The van der Waals surface area contributed by atoms with Gasteiger partial charge >= 0.3 is 0 Å². The number of carbonyl (C=O) groups excluding carboxylic acids is 1. The largest absolute Gasteiger partial charge is 0.492 e. The van der Waals surface area contributed by atoms with E-state index in [1.165, 1.54) is 19.2 Å². The molecule has 0 aliphatic carbocycles. The van der Waals surface area contributed by atoms with E-state index in [4.69, 9.17) is 21.1 Å². The van der Waals surface area contributed by atoms with Crippen LogP contribution in [0.25, 0.3) is 0 Å². The van der Waals surface area contributed by atoms with Crippen LogP contribution < -0.4 is 14.8 Å². The van der Waals surface area contributed by atoms with Crippen molar-refractivity contribution >= 4 is 33.2 Å². The predicted octanol–water partition coefficient (Wildman–Crippen LogP) is 3.40. The van der Waals surface area contributed by atoms with E-state index in [2.05, 4.69) is 5.32 Å². The van der Waals surface area contributed by atoms with Gasteiger partial charge in [0.15, 0.2) is 0 Å². The molecule has 7 nitrogen and oxygen atoms in total. The van der Waals surface area contributed by atoms with Gasteiger partial charge in [-0.15, -0.1) is 0 Å². The lowest BCUT2D eigenvalue weighted by molar-refractivity contribution is -0.116. The minimum absolute atomic E-state index is 0.0909. The normalized spacial score (nSPS) is 11.3. The summed E-state index contributed by atoms with van der Waals surface area (Å²) in [4.78, 5) is 12.3. The van der Waals surface area contributed by atoms with Gasteiger partial charge in [-0.05, 0) is 44.2 Å². The van der Waals surface area contributed by atoms with Crippen LogP contribution >= 0.6 is 11.6 Å². The maximum Gasteiger partial charge on any atom is 0.247 e. The third-order valence-corrected chi connectivity index (χ3v) is 5.78. The molecular formula is C19H23ClN2O5S. The summed E-state index contributed by atoms with van der Waals surface area (Å²) in [6.07, 6.45) is 0. The van der Waals surface area contributed by atoms with E-state index < -0.39 is 15.9 Å². The lowest BCUT2D eigenvalue weighted by Crippen LogP contribution is -2.35. The highest BCUT2D eigenvalue weighted by atomic mass is 35.5. The summed E-state index contributed by atoms with van der Waals surface area (Å²) in [6, 6.07) is 11.3. The monoisotopic (exact) mass is 426 g/mol. The Hall–Kier alpha value is -2.29. The van der Waals surface area contributed by atoms with Gasteiger partial charge in [0, 0.05) is 12.1 Å². The zero-order chi connectivity index (χ0) is 20.7. The molecule has 1 N–H and O–H groups in total. The number of rotatable bonds is 9. The molecule has 1 amide bonds. The van der Waals surface area contributed by atoms with Crippen LogP contribution in [0.4, 0.5) is 5.69 Å². The number of hydrogen-bond acceptors (Lipinski definition) is 5. The summed E-state index contributed by atoms with van der Waals surface area (Å²) in [6.45, 7) is 3.93. The zero-order valence-corrected chi connectivity index (χ0v) is 17.5. The van der Waals surface area contributed by atoms with Crippen molar-refractivity contribution in [3.8, 4) is 11.5 Å². The lowest BCUT2D eigenvalue weighted by atomic mass is 10.3. The van der Waals surface area contributed by atoms with Gasteiger partial charge in [0.05, 0.1) is 25.4 Å². The van der Waals surface area contributed by atoms with Crippen molar-refractivity contribution in [1.82, 2.24) is 4.31 Å². The van der Waals surface area contributed by atoms with E-state index in [0.717, 1.165) is 4.31 Å². The van der Waals surface area contributed by atoms with Gasteiger partial charge in [-0.1, -0.05) is 23.7 Å². The number of nitrogens with zero attached hydrogens (tertiary/aromatic N) is 1. The summed E-state index contributed by atoms with van der Waals surface area (Å²) in [5.41, 5.74) is 0.470. The van der Waals surface area contributed by atoms with Crippen molar-refractivity contribution < 1.29 is 22.7 Å². The fourth-order valence-corrected chi connectivity index (χ4v) is 3.97. The van der Waals surface area contributed by atoms with Crippen LogP contribution in [0.15, 0.2) is 47.4 Å². The first-order valence-corrected chi connectivity index (χ1v) is 10.5. The van der Waals surface area contributed by atoms with Crippen LogP contribution in [0.3, 0.4) is 0 Å². The molecular weight excluding hydrogens is 404 g/mol. The number of ether oxygens (including phenoxy) is 2. The number of halogens is 1. The van der Waals surface area contributed by atoms with Crippen LogP contribution in [-0.4, -0.2) is 45.4 Å². The van der Waals surface area contributed by atoms with E-state index in [9.17, 15) is 13.2 Å². The number of amides is 1. The van der Waals surface area contributed by atoms with Crippen LogP contribution in [0.1, 0.15) is 13.8 Å². The topological polar surface area (TPSA) is 84.9 Å². The van der Waals surface area contributed by atoms with Gasteiger partial charge in [0.25, 0.3) is 0 Å². The molecule has 2 aromatic carbocycles. The highest BCUT2D eigenvalue weighted by Gasteiger charge is 2.27. The first kappa shape index (κ1) is 22.0. The van der Waals surface area contributed by atoms with Crippen LogP contribution in [0.2, 0.25) is 5.02 Å². The molecule has 0 unspecified atom stereocenters. The van der Waals surface area contributed by atoms with E-state index in [1.54, 1.807) is 37.3 Å². The van der Waals surface area contributed by atoms with Gasteiger partial charge in [0.2, 0.25) is 15.9 Å². The average Bonchev–Trinajstić information content (AvgIpc) is 2.65. The van der Waals surface area contributed by atoms with Crippen molar-refractivity contribution in [3.63, 3.8) is 0 Å². The highest BCUT2D eigenvalue weighted by Crippen LogP contribution is 2.29. The second-order valence-corrected chi connectivity index (χ2v) is 8.21. The Bertz CT molecular complexity index is 934. The molecule has 0 aliphatic heterocycles. The Morgan fingerprint density at radius 2 is 1.71 bits per heavy atom. The maximum atomic E-state index is 12.9. The molecule has 0 saturated heterocycles. The quantitative estimate of drug-likeness (QED) is 0.664. The fraction of sp³-hybridized carbons (Fsp3) is 0.316. The Kier molecular flexibility index (Phi) is 7.68. The molecule has 0 bridgehead atoms. The molecule has 0 fully saturated rings.